The smallest absolute Gasteiger partial charge is 0.102 e. The molecule has 0 fully saturated rings. The fraction of sp³-hybridized carbons (Fsp3) is 0.250. The molecule has 0 aromatic rings. The largest absolute Gasteiger partial charge is 0.299 e. The highest BCUT2D eigenvalue weighted by Gasteiger charge is 1.99. The highest BCUT2D eigenvalue weighted by molar-refractivity contribution is 9.11. The Kier molecular flexibility index (Phi) is 2.76. The van der Waals surface area contributed by atoms with Crippen LogP contribution in [0.25, 0.3) is 0 Å². The van der Waals surface area contributed by atoms with Gasteiger partial charge in [0.2, 0.25) is 0 Å². The van der Waals surface area contributed by atoms with Gasteiger partial charge in [-0.15, -0.1) is 0 Å². The quantitative estimate of drug-likeness (QED) is 0.600. The zero-order valence-electron chi connectivity index (χ0n) is 6.26. The van der Waals surface area contributed by atoms with Crippen LogP contribution in [0.3, 0.4) is 0 Å². The van der Waals surface area contributed by atoms with Gasteiger partial charge in [-0.3, -0.25) is 5.41 Å². The van der Waals surface area contributed by atoms with Gasteiger partial charge in [-0.05, 0) is 41.4 Å². The van der Waals surface area contributed by atoms with Crippen molar-refractivity contribution in [2.24, 2.45) is 4.99 Å². The van der Waals surface area contributed by atoms with Crippen molar-refractivity contribution in [3.8, 4) is 0 Å². The lowest BCUT2D eigenvalue weighted by Crippen LogP contribution is -2.05. The topological polar surface area (TPSA) is 36.2 Å². The van der Waals surface area contributed by atoms with Gasteiger partial charge in [0.25, 0.3) is 0 Å². The molecule has 0 spiro atoms. The first-order valence-electron chi connectivity index (χ1n) is 3.36. The van der Waals surface area contributed by atoms with Gasteiger partial charge in [0.15, 0.2) is 0 Å². The average Bonchev–Trinajstić information content (AvgIpc) is 1.95. The fourth-order valence-electron chi connectivity index (χ4n) is 0.738. The fourth-order valence-corrected chi connectivity index (χ4v) is 1.19. The van der Waals surface area contributed by atoms with Crippen LogP contribution in [0, 0.1) is 5.41 Å². The Morgan fingerprint density at radius 3 is 3.09 bits per heavy atom. The average molecular weight is 213 g/mol. The maximum atomic E-state index is 7.46. The van der Waals surface area contributed by atoms with Gasteiger partial charge in [0.1, 0.15) is 4.61 Å². The third-order valence-electron chi connectivity index (χ3n) is 1.37. The van der Waals surface area contributed by atoms with Crippen molar-refractivity contribution in [1.29, 1.82) is 5.41 Å². The van der Waals surface area contributed by atoms with E-state index in [0.29, 0.717) is 5.71 Å². The van der Waals surface area contributed by atoms with E-state index >= 15 is 0 Å². The molecule has 0 amide bonds. The standard InChI is InChI=1S/C8H9BrN2/c1-6-7(10)4-2-3-5-8(9)11-6/h2,4-5,10H,3H2,1H3/b4-2+,8-5-,10-7?,11-6?. The molecule has 0 unspecified atom stereocenters. The van der Waals surface area contributed by atoms with Gasteiger partial charge in [-0.25, -0.2) is 4.99 Å². The minimum atomic E-state index is 0.482. The second-order valence-corrected chi connectivity index (χ2v) is 3.09. The molecule has 0 saturated carbocycles. The van der Waals surface area contributed by atoms with Crippen LogP contribution in [0.2, 0.25) is 0 Å². The van der Waals surface area contributed by atoms with Crippen molar-refractivity contribution in [2.75, 3.05) is 0 Å². The Hall–Kier alpha value is -0.700. The number of aliphatic imine (C=N–C) groups is 1. The summed E-state index contributed by atoms with van der Waals surface area (Å²) in [6.45, 7) is 1.83. The number of nitrogens with one attached hydrogen (secondary N) is 1. The molecule has 0 aromatic heterocycles. The van der Waals surface area contributed by atoms with Crippen molar-refractivity contribution in [2.45, 2.75) is 13.3 Å². The maximum Gasteiger partial charge on any atom is 0.102 e. The van der Waals surface area contributed by atoms with Crippen molar-refractivity contribution >= 4 is 27.4 Å². The van der Waals surface area contributed by atoms with Gasteiger partial charge in [0.05, 0.1) is 11.4 Å². The van der Waals surface area contributed by atoms with Gasteiger partial charge >= 0.3 is 0 Å². The molecule has 2 nitrogen and oxygen atoms in total. The molecule has 0 atom stereocenters. The van der Waals surface area contributed by atoms with E-state index in [9.17, 15) is 0 Å². The van der Waals surface area contributed by atoms with E-state index in [2.05, 4.69) is 20.9 Å². The number of allylic oxidation sites excluding steroid dienone is 3. The SMILES string of the molecule is CC1=N/C(Br)=C\C/C=C/C1=N. The zero-order valence-corrected chi connectivity index (χ0v) is 7.85. The van der Waals surface area contributed by atoms with Gasteiger partial charge in [0, 0.05) is 0 Å². The Bertz CT molecular complexity index is 261. The summed E-state index contributed by atoms with van der Waals surface area (Å²) in [6, 6.07) is 0. The summed E-state index contributed by atoms with van der Waals surface area (Å²) in [5, 5.41) is 7.46. The highest BCUT2D eigenvalue weighted by atomic mass is 79.9. The second kappa shape index (κ2) is 3.62. The number of rotatable bonds is 0. The Morgan fingerprint density at radius 1 is 1.64 bits per heavy atom. The lowest BCUT2D eigenvalue weighted by atomic mass is 10.2. The molecule has 0 bridgehead atoms. The van der Waals surface area contributed by atoms with Gasteiger partial charge < -0.3 is 0 Å². The first-order chi connectivity index (χ1) is 5.20. The minimum Gasteiger partial charge on any atom is -0.299 e. The third kappa shape index (κ3) is 2.42. The van der Waals surface area contributed by atoms with Crippen molar-refractivity contribution < 1.29 is 0 Å². The molecule has 11 heavy (non-hydrogen) atoms. The monoisotopic (exact) mass is 212 g/mol. The number of hydrogen-bond donors (Lipinski definition) is 1. The second-order valence-electron chi connectivity index (χ2n) is 2.28. The van der Waals surface area contributed by atoms with Gasteiger partial charge in [-0.2, -0.15) is 0 Å². The number of hydrogen-bond acceptors (Lipinski definition) is 2. The normalized spacial score (nSPS) is 26.2. The summed E-state index contributed by atoms with van der Waals surface area (Å²) in [5.41, 5.74) is 1.22. The van der Waals surface area contributed by atoms with E-state index in [0.717, 1.165) is 16.7 Å². The highest BCUT2D eigenvalue weighted by Crippen LogP contribution is 2.10. The predicted molar refractivity (Wildman–Crippen MR) is 51.6 cm³/mol. The molecule has 1 rings (SSSR count). The Balaban J connectivity index is 2.97. The number of nitrogens with zero attached hydrogens (tertiary/aromatic N) is 1. The predicted octanol–water partition coefficient (Wildman–Crippen LogP) is 2.66. The first kappa shape index (κ1) is 8.40. The van der Waals surface area contributed by atoms with E-state index in [1.54, 1.807) is 6.08 Å². The van der Waals surface area contributed by atoms with Crippen molar-refractivity contribution in [1.82, 2.24) is 0 Å². The van der Waals surface area contributed by atoms with E-state index in [1.165, 1.54) is 0 Å². The molecule has 0 saturated heterocycles. The van der Waals surface area contributed by atoms with Crippen LogP contribution >= 0.6 is 15.9 Å². The molecule has 1 aliphatic heterocycles. The van der Waals surface area contributed by atoms with Crippen LogP contribution in [-0.4, -0.2) is 11.4 Å². The molecule has 0 aromatic carbocycles. The van der Waals surface area contributed by atoms with E-state index < -0.39 is 0 Å². The summed E-state index contributed by atoms with van der Waals surface area (Å²) in [7, 11) is 0. The summed E-state index contributed by atoms with van der Waals surface area (Å²) in [4.78, 5) is 4.14. The third-order valence-corrected chi connectivity index (χ3v) is 1.87. The van der Waals surface area contributed by atoms with E-state index in [-0.39, 0.29) is 0 Å². The van der Waals surface area contributed by atoms with Crippen molar-refractivity contribution in [3.05, 3.63) is 22.8 Å². The first-order valence-corrected chi connectivity index (χ1v) is 4.16. The summed E-state index contributed by atoms with van der Waals surface area (Å²) in [5.74, 6) is 0. The lowest BCUT2D eigenvalue weighted by Gasteiger charge is -2.00. The van der Waals surface area contributed by atoms with Crippen LogP contribution in [0.5, 0.6) is 0 Å². The zero-order chi connectivity index (χ0) is 8.27. The minimum absolute atomic E-state index is 0.482. The lowest BCUT2D eigenvalue weighted by molar-refractivity contribution is 1.33. The Morgan fingerprint density at radius 2 is 2.36 bits per heavy atom. The maximum absolute atomic E-state index is 7.46. The van der Waals surface area contributed by atoms with Crippen LogP contribution in [0.15, 0.2) is 27.8 Å². The molecule has 1 aliphatic rings. The molecular weight excluding hydrogens is 204 g/mol. The van der Waals surface area contributed by atoms with Crippen LogP contribution in [-0.2, 0) is 0 Å². The summed E-state index contributed by atoms with van der Waals surface area (Å²) >= 11 is 3.28. The van der Waals surface area contributed by atoms with Crippen LogP contribution in [0.1, 0.15) is 13.3 Å². The Labute approximate surface area is 74.4 Å². The van der Waals surface area contributed by atoms with Crippen LogP contribution in [0.4, 0.5) is 0 Å². The molecule has 0 aliphatic carbocycles. The summed E-state index contributed by atoms with van der Waals surface area (Å²) in [6.07, 6.45) is 6.52. The van der Waals surface area contributed by atoms with E-state index in [4.69, 9.17) is 5.41 Å². The molecule has 0 radical (unpaired) electrons. The molecule has 1 heterocycles. The van der Waals surface area contributed by atoms with E-state index in [1.807, 2.05) is 19.1 Å². The molecule has 58 valence electrons. The summed E-state index contributed by atoms with van der Waals surface area (Å²) < 4.78 is 0.809. The molecule has 1 N–H and O–H groups in total. The van der Waals surface area contributed by atoms with Crippen LogP contribution < -0.4 is 0 Å². The molecule has 3 heteroatoms. The molecular formula is C8H9BrN2. The number of halogens is 1. The van der Waals surface area contributed by atoms with Crippen molar-refractivity contribution in [3.63, 3.8) is 0 Å². The van der Waals surface area contributed by atoms with Gasteiger partial charge in [-0.1, -0.05) is 6.08 Å².